The summed E-state index contributed by atoms with van der Waals surface area (Å²) < 4.78 is 4.43. The van der Waals surface area contributed by atoms with Gasteiger partial charge in [-0.05, 0) is 24.7 Å². The van der Waals surface area contributed by atoms with Crippen molar-refractivity contribution in [1.29, 1.82) is 5.26 Å². The molecule has 18 heavy (non-hydrogen) atoms. The summed E-state index contributed by atoms with van der Waals surface area (Å²) in [4.78, 5) is 2.08. The van der Waals surface area contributed by atoms with Crippen LogP contribution in [0, 0.1) is 11.3 Å². The summed E-state index contributed by atoms with van der Waals surface area (Å²) in [5.74, 6) is 0. The molecule has 1 aromatic carbocycles. The highest BCUT2D eigenvalue weighted by Crippen LogP contribution is 2.19. The zero-order valence-electron chi connectivity index (χ0n) is 9.80. The molecule has 0 saturated heterocycles. The molecule has 0 fully saturated rings. The van der Waals surface area contributed by atoms with Crippen molar-refractivity contribution in [3.05, 3.63) is 45.4 Å². The summed E-state index contributed by atoms with van der Waals surface area (Å²) in [6.07, 6.45) is 0. The van der Waals surface area contributed by atoms with E-state index in [0.717, 1.165) is 17.8 Å². The van der Waals surface area contributed by atoms with E-state index in [1.807, 2.05) is 25.2 Å². The minimum atomic E-state index is 0.632. The summed E-state index contributed by atoms with van der Waals surface area (Å²) in [5.41, 5.74) is 2.56. The van der Waals surface area contributed by atoms with Gasteiger partial charge in [-0.3, -0.25) is 4.90 Å². The second-order valence-electron chi connectivity index (χ2n) is 3.98. The van der Waals surface area contributed by atoms with Crippen molar-refractivity contribution in [2.24, 2.45) is 0 Å². The fourth-order valence-electron chi connectivity index (χ4n) is 1.65. The van der Waals surface area contributed by atoms with Gasteiger partial charge in [0, 0.05) is 24.6 Å². The molecule has 0 spiro atoms. The highest BCUT2D eigenvalue weighted by atomic mass is 35.5. The quantitative estimate of drug-likeness (QED) is 0.863. The lowest BCUT2D eigenvalue weighted by atomic mass is 10.1. The summed E-state index contributed by atoms with van der Waals surface area (Å²) in [7, 11) is 1.98. The Morgan fingerprint density at radius 1 is 1.44 bits per heavy atom. The Balaban J connectivity index is 2.01. The van der Waals surface area contributed by atoms with E-state index in [1.54, 1.807) is 6.07 Å². The SMILES string of the molecule is CN(Cc1cccc(C#N)c1)Cc1nnsc1Cl. The van der Waals surface area contributed by atoms with Crippen LogP contribution in [0.5, 0.6) is 0 Å². The average molecular weight is 279 g/mol. The average Bonchev–Trinajstić information content (AvgIpc) is 2.75. The van der Waals surface area contributed by atoms with Gasteiger partial charge in [0.1, 0.15) is 10.0 Å². The first kappa shape index (κ1) is 13.0. The van der Waals surface area contributed by atoms with E-state index in [1.165, 1.54) is 11.5 Å². The monoisotopic (exact) mass is 278 g/mol. The number of halogens is 1. The molecule has 0 bridgehead atoms. The van der Waals surface area contributed by atoms with E-state index < -0.39 is 0 Å². The summed E-state index contributed by atoms with van der Waals surface area (Å²) >= 11 is 7.15. The van der Waals surface area contributed by atoms with Gasteiger partial charge in [-0.2, -0.15) is 5.26 Å². The lowest BCUT2D eigenvalue weighted by molar-refractivity contribution is 0.315. The van der Waals surface area contributed by atoms with E-state index in [2.05, 4.69) is 20.6 Å². The number of nitriles is 1. The van der Waals surface area contributed by atoms with Crippen LogP contribution in [0.2, 0.25) is 4.34 Å². The Kier molecular flexibility index (Phi) is 4.26. The van der Waals surface area contributed by atoms with Crippen LogP contribution in [0.3, 0.4) is 0 Å². The van der Waals surface area contributed by atoms with Gasteiger partial charge in [-0.15, -0.1) is 5.10 Å². The zero-order valence-corrected chi connectivity index (χ0v) is 11.4. The molecule has 0 aliphatic rings. The highest BCUT2D eigenvalue weighted by molar-refractivity contribution is 7.10. The molecule has 0 aliphatic carbocycles. The zero-order chi connectivity index (χ0) is 13.0. The number of nitrogens with zero attached hydrogens (tertiary/aromatic N) is 4. The summed E-state index contributed by atoms with van der Waals surface area (Å²) in [6.45, 7) is 1.38. The van der Waals surface area contributed by atoms with Gasteiger partial charge in [-0.1, -0.05) is 28.2 Å². The van der Waals surface area contributed by atoms with Crippen LogP contribution < -0.4 is 0 Å². The standard InChI is InChI=1S/C12H11ClN4S/c1-17(8-11-12(13)18-16-15-11)7-10-4-2-3-9(5-10)6-14/h2-5H,7-8H2,1H3. The molecular formula is C12H11ClN4S. The van der Waals surface area contributed by atoms with Crippen LogP contribution in [-0.4, -0.2) is 21.5 Å². The van der Waals surface area contributed by atoms with Crippen molar-refractivity contribution < 1.29 is 0 Å². The van der Waals surface area contributed by atoms with Crippen LogP contribution in [0.15, 0.2) is 24.3 Å². The molecule has 0 unspecified atom stereocenters. The molecule has 0 amide bonds. The van der Waals surface area contributed by atoms with E-state index in [9.17, 15) is 0 Å². The third-order valence-electron chi connectivity index (χ3n) is 2.44. The fourth-order valence-corrected chi connectivity index (χ4v) is 2.27. The lowest BCUT2D eigenvalue weighted by Crippen LogP contribution is -2.17. The number of hydrogen-bond donors (Lipinski definition) is 0. The van der Waals surface area contributed by atoms with Crippen molar-refractivity contribution >= 4 is 23.1 Å². The van der Waals surface area contributed by atoms with Gasteiger partial charge in [-0.25, -0.2) is 0 Å². The smallest absolute Gasteiger partial charge is 0.138 e. The molecule has 0 radical (unpaired) electrons. The molecule has 0 aliphatic heterocycles. The normalized spacial score (nSPS) is 10.6. The molecule has 0 atom stereocenters. The molecule has 1 aromatic heterocycles. The first-order valence-corrected chi connectivity index (χ1v) is 6.48. The highest BCUT2D eigenvalue weighted by Gasteiger charge is 2.09. The maximum atomic E-state index is 8.84. The first-order valence-electron chi connectivity index (χ1n) is 5.33. The van der Waals surface area contributed by atoms with Crippen molar-refractivity contribution in [1.82, 2.24) is 14.5 Å². The molecule has 4 nitrogen and oxygen atoms in total. The van der Waals surface area contributed by atoms with Crippen LogP contribution >= 0.6 is 23.1 Å². The summed E-state index contributed by atoms with van der Waals surface area (Å²) in [6, 6.07) is 9.70. The van der Waals surface area contributed by atoms with Crippen LogP contribution in [0.1, 0.15) is 16.8 Å². The molecule has 0 N–H and O–H groups in total. The van der Waals surface area contributed by atoms with Gasteiger partial charge in [0.15, 0.2) is 0 Å². The van der Waals surface area contributed by atoms with Gasteiger partial charge in [0.05, 0.1) is 11.6 Å². The number of rotatable bonds is 4. The Hall–Kier alpha value is -1.48. The lowest BCUT2D eigenvalue weighted by Gasteiger charge is -2.15. The van der Waals surface area contributed by atoms with E-state index in [-0.39, 0.29) is 0 Å². The second kappa shape index (κ2) is 5.91. The topological polar surface area (TPSA) is 52.8 Å². The number of aromatic nitrogens is 2. The van der Waals surface area contributed by atoms with Crippen LogP contribution in [0.25, 0.3) is 0 Å². The van der Waals surface area contributed by atoms with Gasteiger partial charge >= 0.3 is 0 Å². The molecule has 2 rings (SSSR count). The predicted molar refractivity (Wildman–Crippen MR) is 71.2 cm³/mol. The number of benzene rings is 1. The molecular weight excluding hydrogens is 268 g/mol. The molecule has 6 heteroatoms. The Bertz CT molecular complexity index is 575. The third-order valence-corrected chi connectivity index (χ3v) is 3.42. The Morgan fingerprint density at radius 3 is 2.94 bits per heavy atom. The maximum absolute atomic E-state index is 8.84. The summed E-state index contributed by atoms with van der Waals surface area (Å²) in [5, 5.41) is 12.8. The van der Waals surface area contributed by atoms with Crippen molar-refractivity contribution in [3.8, 4) is 6.07 Å². The Labute approximate surface area is 115 Å². The molecule has 2 aromatic rings. The Morgan fingerprint density at radius 2 is 2.28 bits per heavy atom. The number of hydrogen-bond acceptors (Lipinski definition) is 5. The predicted octanol–water partition coefficient (Wildman–Crippen LogP) is 2.70. The van der Waals surface area contributed by atoms with Crippen molar-refractivity contribution in [2.75, 3.05) is 7.05 Å². The second-order valence-corrected chi connectivity index (χ2v) is 5.33. The van der Waals surface area contributed by atoms with E-state index in [4.69, 9.17) is 16.9 Å². The fraction of sp³-hybridized carbons (Fsp3) is 0.250. The van der Waals surface area contributed by atoms with E-state index >= 15 is 0 Å². The third kappa shape index (κ3) is 3.26. The minimum absolute atomic E-state index is 0.632. The minimum Gasteiger partial charge on any atom is -0.296 e. The van der Waals surface area contributed by atoms with Gasteiger partial charge < -0.3 is 0 Å². The molecule has 1 heterocycles. The van der Waals surface area contributed by atoms with Gasteiger partial charge in [0.2, 0.25) is 0 Å². The van der Waals surface area contributed by atoms with Crippen LogP contribution in [-0.2, 0) is 13.1 Å². The largest absolute Gasteiger partial charge is 0.296 e. The maximum Gasteiger partial charge on any atom is 0.138 e. The van der Waals surface area contributed by atoms with Crippen molar-refractivity contribution in [2.45, 2.75) is 13.1 Å². The first-order chi connectivity index (χ1) is 8.69. The molecule has 0 saturated carbocycles. The van der Waals surface area contributed by atoms with Crippen LogP contribution in [0.4, 0.5) is 0 Å². The van der Waals surface area contributed by atoms with Gasteiger partial charge in [0.25, 0.3) is 0 Å². The van der Waals surface area contributed by atoms with E-state index in [0.29, 0.717) is 16.4 Å². The van der Waals surface area contributed by atoms with Crippen molar-refractivity contribution in [3.63, 3.8) is 0 Å². The molecule has 92 valence electrons.